The third-order valence-electron chi connectivity index (χ3n) is 2.11. The second kappa shape index (κ2) is 8.75. The van der Waals surface area contributed by atoms with Crippen LogP contribution in [0.5, 0.6) is 0 Å². The van der Waals surface area contributed by atoms with Crippen LogP contribution < -0.4 is 10.6 Å². The number of hydrogen-bond donors (Lipinski definition) is 2. The Morgan fingerprint density at radius 2 is 2.12 bits per heavy atom. The Morgan fingerprint density at radius 1 is 1.24 bits per heavy atom. The van der Waals surface area contributed by atoms with Crippen LogP contribution in [-0.2, 0) is 4.74 Å². The highest BCUT2D eigenvalue weighted by atomic mass is 16.5. The van der Waals surface area contributed by atoms with Gasteiger partial charge in [0.1, 0.15) is 5.82 Å². The molecule has 0 aliphatic heterocycles. The van der Waals surface area contributed by atoms with Crippen LogP contribution in [0.3, 0.4) is 0 Å². The van der Waals surface area contributed by atoms with E-state index in [-0.39, 0.29) is 0 Å². The molecule has 0 spiro atoms. The van der Waals surface area contributed by atoms with Gasteiger partial charge >= 0.3 is 0 Å². The van der Waals surface area contributed by atoms with Gasteiger partial charge in [-0.2, -0.15) is 4.98 Å². The van der Waals surface area contributed by atoms with Crippen LogP contribution in [0.15, 0.2) is 12.3 Å². The van der Waals surface area contributed by atoms with Crippen molar-refractivity contribution in [2.24, 2.45) is 0 Å². The molecule has 0 radical (unpaired) electrons. The third-order valence-corrected chi connectivity index (χ3v) is 2.11. The minimum absolute atomic E-state index is 0.666. The van der Waals surface area contributed by atoms with Gasteiger partial charge in [0, 0.05) is 32.5 Å². The van der Waals surface area contributed by atoms with Crippen LogP contribution >= 0.6 is 0 Å². The van der Waals surface area contributed by atoms with E-state index >= 15 is 0 Å². The molecule has 0 fully saturated rings. The molecule has 0 bridgehead atoms. The van der Waals surface area contributed by atoms with Gasteiger partial charge in [0.05, 0.1) is 0 Å². The van der Waals surface area contributed by atoms with Crippen molar-refractivity contribution in [2.45, 2.75) is 26.7 Å². The van der Waals surface area contributed by atoms with Gasteiger partial charge in [-0.05, 0) is 25.8 Å². The molecule has 0 aliphatic rings. The highest BCUT2D eigenvalue weighted by Gasteiger charge is 1.96. The summed E-state index contributed by atoms with van der Waals surface area (Å²) in [4.78, 5) is 8.43. The molecule has 1 aromatic rings. The molecule has 17 heavy (non-hydrogen) atoms. The van der Waals surface area contributed by atoms with E-state index < -0.39 is 0 Å². The lowest BCUT2D eigenvalue weighted by atomic mass is 10.4. The van der Waals surface area contributed by atoms with Crippen molar-refractivity contribution in [3.05, 3.63) is 12.3 Å². The number of hydrogen-bond acceptors (Lipinski definition) is 5. The third kappa shape index (κ3) is 6.06. The van der Waals surface area contributed by atoms with E-state index in [4.69, 9.17) is 4.74 Å². The Labute approximate surface area is 103 Å². The fourth-order valence-electron chi connectivity index (χ4n) is 1.34. The van der Waals surface area contributed by atoms with Gasteiger partial charge < -0.3 is 15.4 Å². The average molecular weight is 238 g/mol. The summed E-state index contributed by atoms with van der Waals surface area (Å²) in [5.41, 5.74) is 0. The van der Waals surface area contributed by atoms with Crippen molar-refractivity contribution in [2.75, 3.05) is 36.9 Å². The van der Waals surface area contributed by atoms with Crippen LogP contribution in [-0.4, -0.2) is 36.3 Å². The number of aromatic nitrogens is 2. The number of nitrogens with zero attached hydrogens (tertiary/aromatic N) is 2. The second-order valence-electron chi connectivity index (χ2n) is 3.69. The van der Waals surface area contributed by atoms with E-state index in [0.717, 1.165) is 45.0 Å². The summed E-state index contributed by atoms with van der Waals surface area (Å²) in [5, 5.41) is 6.33. The number of rotatable bonds is 9. The highest BCUT2D eigenvalue weighted by molar-refractivity contribution is 5.39. The quantitative estimate of drug-likeness (QED) is 0.645. The minimum Gasteiger partial charge on any atom is -0.381 e. The monoisotopic (exact) mass is 238 g/mol. The Hall–Kier alpha value is -1.36. The van der Waals surface area contributed by atoms with Crippen molar-refractivity contribution >= 4 is 11.8 Å². The van der Waals surface area contributed by atoms with Crippen molar-refractivity contribution in [3.63, 3.8) is 0 Å². The van der Waals surface area contributed by atoms with E-state index in [2.05, 4.69) is 27.5 Å². The maximum atomic E-state index is 5.40. The fourth-order valence-corrected chi connectivity index (χ4v) is 1.34. The van der Waals surface area contributed by atoms with Crippen molar-refractivity contribution < 1.29 is 4.74 Å². The average Bonchev–Trinajstić information content (AvgIpc) is 2.35. The molecule has 0 saturated carbocycles. The molecule has 0 saturated heterocycles. The Balaban J connectivity index is 2.19. The smallest absolute Gasteiger partial charge is 0.224 e. The van der Waals surface area contributed by atoms with Crippen LogP contribution in [0.25, 0.3) is 0 Å². The molecule has 5 nitrogen and oxygen atoms in total. The highest BCUT2D eigenvalue weighted by Crippen LogP contribution is 2.05. The van der Waals surface area contributed by atoms with Gasteiger partial charge in [0.15, 0.2) is 0 Å². The van der Waals surface area contributed by atoms with E-state index in [1.54, 1.807) is 6.20 Å². The lowest BCUT2D eigenvalue weighted by Crippen LogP contribution is -2.09. The summed E-state index contributed by atoms with van der Waals surface area (Å²) in [6, 6.07) is 1.87. The van der Waals surface area contributed by atoms with Crippen LogP contribution in [0.1, 0.15) is 26.7 Å². The zero-order valence-corrected chi connectivity index (χ0v) is 10.7. The molecule has 0 amide bonds. The summed E-state index contributed by atoms with van der Waals surface area (Å²) in [5.74, 6) is 1.52. The van der Waals surface area contributed by atoms with Crippen LogP contribution in [0.2, 0.25) is 0 Å². The Morgan fingerprint density at radius 3 is 2.88 bits per heavy atom. The molecule has 1 rings (SSSR count). The number of ether oxygens (including phenoxy) is 1. The Bertz CT molecular complexity index is 306. The molecule has 5 heteroatoms. The van der Waals surface area contributed by atoms with E-state index in [1.165, 1.54) is 0 Å². The predicted octanol–water partition coefficient (Wildman–Crippen LogP) is 2.14. The fraction of sp³-hybridized carbons (Fsp3) is 0.667. The van der Waals surface area contributed by atoms with Gasteiger partial charge in [0.25, 0.3) is 0 Å². The van der Waals surface area contributed by atoms with E-state index in [9.17, 15) is 0 Å². The van der Waals surface area contributed by atoms with Crippen molar-refractivity contribution in [1.82, 2.24) is 9.97 Å². The molecule has 2 N–H and O–H groups in total. The predicted molar refractivity (Wildman–Crippen MR) is 70.4 cm³/mol. The normalized spacial score (nSPS) is 10.2. The summed E-state index contributed by atoms with van der Waals surface area (Å²) in [7, 11) is 0. The van der Waals surface area contributed by atoms with Gasteiger partial charge in [-0.1, -0.05) is 6.92 Å². The van der Waals surface area contributed by atoms with Crippen LogP contribution in [0, 0.1) is 0 Å². The molecule has 0 aliphatic carbocycles. The molecule has 0 atom stereocenters. The second-order valence-corrected chi connectivity index (χ2v) is 3.69. The van der Waals surface area contributed by atoms with Crippen molar-refractivity contribution in [1.29, 1.82) is 0 Å². The molecular weight excluding hydrogens is 216 g/mol. The largest absolute Gasteiger partial charge is 0.381 e. The summed E-state index contributed by atoms with van der Waals surface area (Å²) in [6.45, 7) is 7.47. The maximum absolute atomic E-state index is 5.40. The zero-order chi connectivity index (χ0) is 12.3. The van der Waals surface area contributed by atoms with Gasteiger partial charge in [-0.25, -0.2) is 4.98 Å². The standard InChI is InChI=1S/C12H22N4O/c1-3-9-17-10-5-7-14-11-6-8-15-12(16-11)13-4-2/h6,8H,3-5,7,9-10H2,1-2H3,(H2,13,14,15,16). The van der Waals surface area contributed by atoms with Gasteiger partial charge in [0.2, 0.25) is 5.95 Å². The van der Waals surface area contributed by atoms with Crippen molar-refractivity contribution in [3.8, 4) is 0 Å². The Kier molecular flexibility index (Phi) is 7.06. The summed E-state index contributed by atoms with van der Waals surface area (Å²) >= 11 is 0. The number of nitrogens with one attached hydrogen (secondary N) is 2. The first-order chi connectivity index (χ1) is 8.36. The minimum atomic E-state index is 0.666. The summed E-state index contributed by atoms with van der Waals surface area (Å²) in [6.07, 6.45) is 3.81. The first-order valence-electron chi connectivity index (χ1n) is 6.25. The topological polar surface area (TPSA) is 59.1 Å². The van der Waals surface area contributed by atoms with E-state index in [1.807, 2.05) is 13.0 Å². The first kappa shape index (κ1) is 13.7. The molecule has 1 heterocycles. The summed E-state index contributed by atoms with van der Waals surface area (Å²) < 4.78 is 5.40. The van der Waals surface area contributed by atoms with E-state index in [0.29, 0.717) is 5.95 Å². The first-order valence-corrected chi connectivity index (χ1v) is 6.25. The molecule has 96 valence electrons. The lowest BCUT2D eigenvalue weighted by Gasteiger charge is -2.07. The number of anilines is 2. The molecule has 0 unspecified atom stereocenters. The SMILES string of the molecule is CCCOCCCNc1ccnc(NCC)n1. The molecule has 1 aromatic heterocycles. The maximum Gasteiger partial charge on any atom is 0.224 e. The lowest BCUT2D eigenvalue weighted by molar-refractivity contribution is 0.134. The zero-order valence-electron chi connectivity index (χ0n) is 10.7. The molecular formula is C12H22N4O. The van der Waals surface area contributed by atoms with Gasteiger partial charge in [-0.3, -0.25) is 0 Å². The van der Waals surface area contributed by atoms with Crippen LogP contribution in [0.4, 0.5) is 11.8 Å². The van der Waals surface area contributed by atoms with Gasteiger partial charge in [-0.15, -0.1) is 0 Å². The molecule has 0 aromatic carbocycles.